The molecule has 120 valence electrons. The SMILES string of the molecule is CNC(=O)c1ccc(N2CCCC(N(C)C)C2)c([N+](=O)[O-])c1. The van der Waals surface area contributed by atoms with E-state index < -0.39 is 4.92 Å². The van der Waals surface area contributed by atoms with Crippen molar-refractivity contribution >= 4 is 17.3 Å². The molecule has 1 unspecified atom stereocenters. The van der Waals surface area contributed by atoms with Crippen molar-refractivity contribution in [1.82, 2.24) is 10.2 Å². The zero-order valence-electron chi connectivity index (χ0n) is 13.2. The Labute approximate surface area is 130 Å². The van der Waals surface area contributed by atoms with E-state index in [1.54, 1.807) is 12.1 Å². The summed E-state index contributed by atoms with van der Waals surface area (Å²) in [4.78, 5) is 26.8. The van der Waals surface area contributed by atoms with E-state index in [2.05, 4.69) is 10.2 Å². The van der Waals surface area contributed by atoms with Gasteiger partial charge in [-0.15, -0.1) is 0 Å². The Morgan fingerprint density at radius 3 is 2.77 bits per heavy atom. The monoisotopic (exact) mass is 306 g/mol. The van der Waals surface area contributed by atoms with Gasteiger partial charge in [-0.3, -0.25) is 14.9 Å². The van der Waals surface area contributed by atoms with E-state index in [1.165, 1.54) is 13.1 Å². The molecule has 0 bridgehead atoms. The van der Waals surface area contributed by atoms with Gasteiger partial charge in [-0.1, -0.05) is 0 Å². The van der Waals surface area contributed by atoms with E-state index in [-0.39, 0.29) is 11.6 Å². The van der Waals surface area contributed by atoms with Gasteiger partial charge in [-0.05, 0) is 39.1 Å². The average molecular weight is 306 g/mol. The third kappa shape index (κ3) is 3.36. The quantitative estimate of drug-likeness (QED) is 0.673. The van der Waals surface area contributed by atoms with Crippen molar-refractivity contribution in [3.05, 3.63) is 33.9 Å². The van der Waals surface area contributed by atoms with Gasteiger partial charge in [0.1, 0.15) is 5.69 Å². The predicted octanol–water partition coefficient (Wildman–Crippen LogP) is 1.48. The summed E-state index contributed by atoms with van der Waals surface area (Å²) in [6, 6.07) is 5.06. The Bertz CT molecular complexity index is 574. The van der Waals surface area contributed by atoms with Gasteiger partial charge in [0.2, 0.25) is 0 Å². The van der Waals surface area contributed by atoms with E-state index in [9.17, 15) is 14.9 Å². The minimum Gasteiger partial charge on any atom is -0.364 e. The molecule has 1 aliphatic heterocycles. The van der Waals surface area contributed by atoms with Crippen LogP contribution in [-0.4, -0.2) is 56.0 Å². The molecule has 2 rings (SSSR count). The molecule has 1 N–H and O–H groups in total. The summed E-state index contributed by atoms with van der Waals surface area (Å²) in [6.07, 6.45) is 2.09. The summed E-state index contributed by atoms with van der Waals surface area (Å²) in [5.74, 6) is -0.320. The molecule has 7 heteroatoms. The number of anilines is 1. The maximum atomic E-state index is 11.7. The molecule has 22 heavy (non-hydrogen) atoms. The number of carbonyl (C=O) groups is 1. The summed E-state index contributed by atoms with van der Waals surface area (Å²) in [7, 11) is 5.56. The van der Waals surface area contributed by atoms with Crippen LogP contribution in [0.2, 0.25) is 0 Å². The highest BCUT2D eigenvalue weighted by molar-refractivity contribution is 5.95. The molecule has 1 aromatic rings. The molecular weight excluding hydrogens is 284 g/mol. The van der Waals surface area contributed by atoms with Crippen LogP contribution in [0, 0.1) is 10.1 Å². The molecule has 0 aromatic heterocycles. The molecule has 1 fully saturated rings. The molecule has 1 amide bonds. The summed E-state index contributed by atoms with van der Waals surface area (Å²) in [6.45, 7) is 1.55. The van der Waals surface area contributed by atoms with Gasteiger partial charge >= 0.3 is 0 Å². The molecule has 1 saturated heterocycles. The van der Waals surface area contributed by atoms with Crippen LogP contribution in [0.3, 0.4) is 0 Å². The lowest BCUT2D eigenvalue weighted by atomic mass is 10.0. The third-order valence-corrected chi connectivity index (χ3v) is 4.13. The fourth-order valence-corrected chi connectivity index (χ4v) is 2.82. The molecule has 1 heterocycles. The number of nitrogens with one attached hydrogen (secondary N) is 1. The number of nitrogens with zero attached hydrogens (tertiary/aromatic N) is 3. The van der Waals surface area contributed by atoms with Gasteiger partial charge in [0.05, 0.1) is 4.92 Å². The summed E-state index contributed by atoms with van der Waals surface area (Å²) in [5, 5.41) is 13.9. The van der Waals surface area contributed by atoms with Crippen LogP contribution in [0.15, 0.2) is 18.2 Å². The Morgan fingerprint density at radius 2 is 2.18 bits per heavy atom. The standard InChI is InChI=1S/C15H22N4O3/c1-16-15(20)11-6-7-13(14(9-11)19(21)22)18-8-4-5-12(10-18)17(2)3/h6-7,9,12H,4-5,8,10H2,1-3H3,(H,16,20). The number of hydrogen-bond donors (Lipinski definition) is 1. The second kappa shape index (κ2) is 6.74. The van der Waals surface area contributed by atoms with Crippen molar-refractivity contribution in [3.63, 3.8) is 0 Å². The van der Waals surface area contributed by atoms with Crippen molar-refractivity contribution in [1.29, 1.82) is 0 Å². The summed E-state index contributed by atoms with van der Waals surface area (Å²) in [5.41, 5.74) is 0.879. The van der Waals surface area contributed by atoms with Crippen molar-refractivity contribution in [2.24, 2.45) is 0 Å². The number of hydrogen-bond acceptors (Lipinski definition) is 5. The molecule has 0 aliphatic carbocycles. The number of amides is 1. The fraction of sp³-hybridized carbons (Fsp3) is 0.533. The minimum atomic E-state index is -0.416. The molecule has 0 saturated carbocycles. The Balaban J connectivity index is 2.33. The molecule has 0 spiro atoms. The van der Waals surface area contributed by atoms with Crippen LogP contribution in [-0.2, 0) is 0 Å². The highest BCUT2D eigenvalue weighted by atomic mass is 16.6. The number of carbonyl (C=O) groups excluding carboxylic acids is 1. The first-order chi connectivity index (χ1) is 10.4. The zero-order chi connectivity index (χ0) is 16.3. The lowest BCUT2D eigenvalue weighted by Gasteiger charge is -2.37. The second-order valence-corrected chi connectivity index (χ2v) is 5.75. The lowest BCUT2D eigenvalue weighted by Crippen LogP contribution is -2.45. The highest BCUT2D eigenvalue weighted by Crippen LogP contribution is 2.31. The maximum Gasteiger partial charge on any atom is 0.293 e. The van der Waals surface area contributed by atoms with Crippen LogP contribution in [0.5, 0.6) is 0 Å². The molecule has 1 atom stereocenters. The Hall–Kier alpha value is -2.15. The van der Waals surface area contributed by atoms with Gasteiger partial charge in [0.15, 0.2) is 0 Å². The van der Waals surface area contributed by atoms with E-state index in [4.69, 9.17) is 0 Å². The van der Waals surface area contributed by atoms with E-state index in [0.29, 0.717) is 17.3 Å². The van der Waals surface area contributed by atoms with Crippen LogP contribution in [0.4, 0.5) is 11.4 Å². The van der Waals surface area contributed by atoms with Gasteiger partial charge in [0.25, 0.3) is 11.6 Å². The maximum absolute atomic E-state index is 11.7. The third-order valence-electron chi connectivity index (χ3n) is 4.13. The van der Waals surface area contributed by atoms with Crippen molar-refractivity contribution in [2.45, 2.75) is 18.9 Å². The summed E-state index contributed by atoms with van der Waals surface area (Å²) < 4.78 is 0. The van der Waals surface area contributed by atoms with Crippen molar-refractivity contribution < 1.29 is 9.72 Å². The molecule has 1 aromatic carbocycles. The van der Waals surface area contributed by atoms with Gasteiger partial charge in [-0.25, -0.2) is 0 Å². The zero-order valence-corrected chi connectivity index (χ0v) is 13.2. The highest BCUT2D eigenvalue weighted by Gasteiger charge is 2.27. The molecule has 0 radical (unpaired) electrons. The van der Waals surface area contributed by atoms with Crippen LogP contribution in [0.1, 0.15) is 23.2 Å². The number of benzene rings is 1. The summed E-state index contributed by atoms with van der Waals surface area (Å²) >= 11 is 0. The molecular formula is C15H22N4O3. The van der Waals surface area contributed by atoms with Gasteiger partial charge in [0, 0.05) is 37.8 Å². The average Bonchev–Trinajstić information content (AvgIpc) is 2.53. The normalized spacial score (nSPS) is 18.4. The first kappa shape index (κ1) is 16.2. The topological polar surface area (TPSA) is 78.7 Å². The van der Waals surface area contributed by atoms with E-state index in [0.717, 1.165) is 25.9 Å². The van der Waals surface area contributed by atoms with E-state index in [1.807, 2.05) is 19.0 Å². The minimum absolute atomic E-state index is 0.0134. The first-order valence-corrected chi connectivity index (χ1v) is 7.36. The number of rotatable bonds is 4. The molecule has 7 nitrogen and oxygen atoms in total. The number of nitro benzene ring substituents is 1. The van der Waals surface area contributed by atoms with Crippen molar-refractivity contribution in [3.8, 4) is 0 Å². The fourth-order valence-electron chi connectivity index (χ4n) is 2.82. The number of likely N-dealkylation sites (N-methyl/N-ethyl adjacent to an activating group) is 1. The van der Waals surface area contributed by atoms with Crippen LogP contribution in [0.25, 0.3) is 0 Å². The lowest BCUT2D eigenvalue weighted by molar-refractivity contribution is -0.384. The largest absolute Gasteiger partial charge is 0.364 e. The van der Waals surface area contributed by atoms with E-state index >= 15 is 0 Å². The van der Waals surface area contributed by atoms with Crippen LogP contribution < -0.4 is 10.2 Å². The first-order valence-electron chi connectivity index (χ1n) is 7.36. The predicted molar refractivity (Wildman–Crippen MR) is 85.4 cm³/mol. The smallest absolute Gasteiger partial charge is 0.293 e. The number of piperidine rings is 1. The van der Waals surface area contributed by atoms with Crippen LogP contribution >= 0.6 is 0 Å². The van der Waals surface area contributed by atoms with Crippen molar-refractivity contribution in [2.75, 3.05) is 39.1 Å². The van der Waals surface area contributed by atoms with Gasteiger partial charge in [-0.2, -0.15) is 0 Å². The number of nitro groups is 1. The molecule has 1 aliphatic rings. The second-order valence-electron chi connectivity index (χ2n) is 5.75. The Morgan fingerprint density at radius 1 is 1.45 bits per heavy atom. The van der Waals surface area contributed by atoms with Gasteiger partial charge < -0.3 is 15.1 Å². The Kier molecular flexibility index (Phi) is 4.97.